The van der Waals surface area contributed by atoms with Gasteiger partial charge in [0.05, 0.1) is 10.6 Å². The first-order valence-corrected chi connectivity index (χ1v) is 9.20. The molecule has 2 aromatic rings. The number of hydrogen-bond donors (Lipinski definition) is 2. The molecule has 0 unspecified atom stereocenters. The average molecular weight is 373 g/mol. The van der Waals surface area contributed by atoms with E-state index < -0.39 is 0 Å². The molecule has 2 N–H and O–H groups in total. The predicted octanol–water partition coefficient (Wildman–Crippen LogP) is 3.83. The van der Waals surface area contributed by atoms with E-state index in [-0.39, 0.29) is 24.8 Å². The van der Waals surface area contributed by atoms with Crippen molar-refractivity contribution < 1.29 is 9.59 Å². The second kappa shape index (κ2) is 9.97. The molecule has 138 valence electrons. The highest BCUT2D eigenvalue weighted by molar-refractivity contribution is 6.33. The van der Waals surface area contributed by atoms with Gasteiger partial charge in [0.15, 0.2) is 0 Å². The van der Waals surface area contributed by atoms with E-state index in [1.54, 1.807) is 24.3 Å². The lowest BCUT2D eigenvalue weighted by Gasteiger charge is -2.09. The SMILES string of the molecule is Cc1ccc(CCCNC(=O)CCNC(=O)c2ccccc2Cl)c(C)c1. The quantitative estimate of drug-likeness (QED) is 0.692. The topological polar surface area (TPSA) is 58.2 Å². The Kier molecular flexibility index (Phi) is 7.67. The lowest BCUT2D eigenvalue weighted by molar-refractivity contribution is -0.120. The van der Waals surface area contributed by atoms with Crippen LogP contribution in [0.25, 0.3) is 0 Å². The molecule has 0 radical (unpaired) electrons. The van der Waals surface area contributed by atoms with Gasteiger partial charge in [0.25, 0.3) is 5.91 Å². The van der Waals surface area contributed by atoms with Crippen molar-refractivity contribution in [2.24, 2.45) is 0 Å². The lowest BCUT2D eigenvalue weighted by atomic mass is 10.0. The fourth-order valence-electron chi connectivity index (χ4n) is 2.75. The maximum absolute atomic E-state index is 12.0. The van der Waals surface area contributed by atoms with Crippen molar-refractivity contribution in [3.8, 4) is 0 Å². The smallest absolute Gasteiger partial charge is 0.252 e. The van der Waals surface area contributed by atoms with Gasteiger partial charge in [-0.15, -0.1) is 0 Å². The summed E-state index contributed by atoms with van der Waals surface area (Å²) in [5.41, 5.74) is 4.29. The van der Waals surface area contributed by atoms with E-state index in [2.05, 4.69) is 42.7 Å². The van der Waals surface area contributed by atoms with Crippen LogP contribution in [0.5, 0.6) is 0 Å². The molecular formula is C21H25ClN2O2. The normalized spacial score (nSPS) is 10.4. The molecule has 26 heavy (non-hydrogen) atoms. The molecule has 0 saturated heterocycles. The summed E-state index contributed by atoms with van der Waals surface area (Å²) < 4.78 is 0. The van der Waals surface area contributed by atoms with Gasteiger partial charge in [-0.1, -0.05) is 47.5 Å². The average Bonchev–Trinajstić information content (AvgIpc) is 2.60. The fourth-order valence-corrected chi connectivity index (χ4v) is 2.97. The third-order valence-electron chi connectivity index (χ3n) is 4.20. The number of hydrogen-bond acceptors (Lipinski definition) is 2. The summed E-state index contributed by atoms with van der Waals surface area (Å²) in [5.74, 6) is -0.330. The Hall–Kier alpha value is -2.33. The highest BCUT2D eigenvalue weighted by Crippen LogP contribution is 2.14. The van der Waals surface area contributed by atoms with Gasteiger partial charge >= 0.3 is 0 Å². The van der Waals surface area contributed by atoms with E-state index in [9.17, 15) is 9.59 Å². The van der Waals surface area contributed by atoms with Gasteiger partial charge < -0.3 is 10.6 Å². The first kappa shape index (κ1) is 20.0. The number of carbonyl (C=O) groups is 2. The molecule has 0 fully saturated rings. The van der Waals surface area contributed by atoms with Crippen LogP contribution in [0.15, 0.2) is 42.5 Å². The summed E-state index contributed by atoms with van der Waals surface area (Å²) in [6.45, 7) is 5.11. The van der Waals surface area contributed by atoms with E-state index in [1.165, 1.54) is 16.7 Å². The Bertz CT molecular complexity index is 774. The predicted molar refractivity (Wildman–Crippen MR) is 106 cm³/mol. The van der Waals surface area contributed by atoms with Crippen molar-refractivity contribution in [3.05, 3.63) is 69.7 Å². The summed E-state index contributed by atoms with van der Waals surface area (Å²) in [5, 5.41) is 6.01. The molecule has 0 spiro atoms. The molecule has 0 aliphatic heterocycles. The number of halogens is 1. The number of nitrogens with one attached hydrogen (secondary N) is 2. The second-order valence-corrected chi connectivity index (χ2v) is 6.78. The summed E-state index contributed by atoms with van der Waals surface area (Å²) in [6.07, 6.45) is 2.08. The number of benzene rings is 2. The zero-order valence-corrected chi connectivity index (χ0v) is 16.0. The van der Waals surface area contributed by atoms with Crippen LogP contribution in [0.1, 0.15) is 39.9 Å². The van der Waals surface area contributed by atoms with Gasteiger partial charge in [0, 0.05) is 19.5 Å². The summed E-state index contributed by atoms with van der Waals surface area (Å²) in [4.78, 5) is 23.9. The maximum atomic E-state index is 12.0. The first-order valence-electron chi connectivity index (χ1n) is 8.83. The minimum Gasteiger partial charge on any atom is -0.356 e. The largest absolute Gasteiger partial charge is 0.356 e. The summed E-state index contributed by atoms with van der Waals surface area (Å²) >= 11 is 5.98. The van der Waals surface area contributed by atoms with Crippen LogP contribution < -0.4 is 10.6 Å². The van der Waals surface area contributed by atoms with Crippen LogP contribution in [0.3, 0.4) is 0 Å². The standard InChI is InChI=1S/C21H25ClN2O2/c1-15-9-10-17(16(2)14-15)6-5-12-23-20(25)11-13-24-21(26)18-7-3-4-8-19(18)22/h3-4,7-10,14H,5-6,11-13H2,1-2H3,(H,23,25)(H,24,26). The Morgan fingerprint density at radius 1 is 1.00 bits per heavy atom. The minimum atomic E-state index is -0.266. The Morgan fingerprint density at radius 2 is 1.77 bits per heavy atom. The lowest BCUT2D eigenvalue weighted by Crippen LogP contribution is -2.31. The number of carbonyl (C=O) groups excluding carboxylic acids is 2. The second-order valence-electron chi connectivity index (χ2n) is 6.37. The molecule has 4 nitrogen and oxygen atoms in total. The molecule has 0 aliphatic carbocycles. The van der Waals surface area contributed by atoms with Crippen molar-refractivity contribution in [2.75, 3.05) is 13.1 Å². The van der Waals surface area contributed by atoms with Crippen LogP contribution in [0.2, 0.25) is 5.02 Å². The Balaban J connectivity index is 1.63. The third-order valence-corrected chi connectivity index (χ3v) is 4.53. The Morgan fingerprint density at radius 3 is 2.50 bits per heavy atom. The third kappa shape index (κ3) is 6.19. The van der Waals surface area contributed by atoms with Crippen LogP contribution in [-0.4, -0.2) is 24.9 Å². The number of amides is 2. The first-order chi connectivity index (χ1) is 12.5. The highest BCUT2D eigenvalue weighted by Gasteiger charge is 2.09. The van der Waals surface area contributed by atoms with Crippen molar-refractivity contribution >= 4 is 23.4 Å². The van der Waals surface area contributed by atoms with Crippen molar-refractivity contribution in [3.63, 3.8) is 0 Å². The molecule has 0 aliphatic rings. The molecule has 2 amide bonds. The van der Waals surface area contributed by atoms with E-state index in [1.807, 2.05) is 0 Å². The van der Waals surface area contributed by atoms with E-state index >= 15 is 0 Å². The van der Waals surface area contributed by atoms with Gasteiger partial charge in [0.1, 0.15) is 0 Å². The van der Waals surface area contributed by atoms with Crippen molar-refractivity contribution in [1.29, 1.82) is 0 Å². The van der Waals surface area contributed by atoms with Gasteiger partial charge in [0.2, 0.25) is 5.91 Å². The monoisotopic (exact) mass is 372 g/mol. The van der Waals surface area contributed by atoms with Crippen LogP contribution in [0, 0.1) is 13.8 Å². The highest BCUT2D eigenvalue weighted by atomic mass is 35.5. The molecule has 2 aromatic carbocycles. The van der Waals surface area contributed by atoms with Crippen LogP contribution in [-0.2, 0) is 11.2 Å². The van der Waals surface area contributed by atoms with Crippen LogP contribution in [0.4, 0.5) is 0 Å². The molecule has 0 aromatic heterocycles. The van der Waals surface area contributed by atoms with Gasteiger partial charge in [-0.2, -0.15) is 0 Å². The molecular weight excluding hydrogens is 348 g/mol. The fraction of sp³-hybridized carbons (Fsp3) is 0.333. The minimum absolute atomic E-state index is 0.0647. The molecule has 0 atom stereocenters. The van der Waals surface area contributed by atoms with Crippen molar-refractivity contribution in [2.45, 2.75) is 33.1 Å². The van der Waals surface area contributed by atoms with E-state index in [4.69, 9.17) is 11.6 Å². The van der Waals surface area contributed by atoms with E-state index in [0.29, 0.717) is 17.1 Å². The summed E-state index contributed by atoms with van der Waals surface area (Å²) in [7, 11) is 0. The maximum Gasteiger partial charge on any atom is 0.252 e. The van der Waals surface area contributed by atoms with Gasteiger partial charge in [-0.3, -0.25) is 9.59 Å². The van der Waals surface area contributed by atoms with Gasteiger partial charge in [-0.05, 0) is 49.9 Å². The number of rotatable bonds is 8. The molecule has 0 bridgehead atoms. The molecule has 2 rings (SSSR count). The van der Waals surface area contributed by atoms with Crippen LogP contribution >= 0.6 is 11.6 Å². The zero-order valence-electron chi connectivity index (χ0n) is 15.3. The Labute approximate surface area is 159 Å². The zero-order chi connectivity index (χ0) is 18.9. The van der Waals surface area contributed by atoms with Crippen molar-refractivity contribution in [1.82, 2.24) is 10.6 Å². The van der Waals surface area contributed by atoms with Gasteiger partial charge in [-0.25, -0.2) is 0 Å². The number of aryl methyl sites for hydroxylation is 3. The van der Waals surface area contributed by atoms with E-state index in [0.717, 1.165) is 12.8 Å². The molecule has 0 saturated carbocycles. The molecule has 0 heterocycles. The summed E-state index contributed by atoms with van der Waals surface area (Å²) in [6, 6.07) is 13.3. The molecule has 5 heteroatoms.